The molecule has 2 N–H and O–H groups in total. The zero-order valence-corrected chi connectivity index (χ0v) is 12.9. The summed E-state index contributed by atoms with van der Waals surface area (Å²) in [4.78, 5) is 14.2. The first-order valence-electron chi connectivity index (χ1n) is 7.35. The highest BCUT2D eigenvalue weighted by Gasteiger charge is 2.35. The molecule has 22 heavy (non-hydrogen) atoms. The smallest absolute Gasteiger partial charge is 0.387 e. The zero-order chi connectivity index (χ0) is 16.3. The number of alkyl halides is 2. The van der Waals surface area contributed by atoms with Crippen LogP contribution in [0.5, 0.6) is 5.75 Å². The van der Waals surface area contributed by atoms with Gasteiger partial charge < -0.3 is 15.4 Å². The quantitative estimate of drug-likeness (QED) is 0.929. The van der Waals surface area contributed by atoms with Gasteiger partial charge in [0.2, 0.25) is 5.91 Å². The van der Waals surface area contributed by atoms with E-state index in [0.29, 0.717) is 13.1 Å². The lowest BCUT2D eigenvalue weighted by atomic mass is 9.79. The maximum Gasteiger partial charge on any atom is 0.387 e. The number of carbonyl (C=O) groups excluding carboxylic acids is 1. The Morgan fingerprint density at radius 2 is 2.05 bits per heavy atom. The molecule has 0 spiro atoms. The van der Waals surface area contributed by atoms with E-state index in [1.54, 1.807) is 12.1 Å². The Morgan fingerprint density at radius 3 is 2.59 bits per heavy atom. The van der Waals surface area contributed by atoms with Crippen molar-refractivity contribution < 1.29 is 18.3 Å². The molecule has 1 unspecified atom stereocenters. The molecule has 1 heterocycles. The summed E-state index contributed by atoms with van der Waals surface area (Å²) in [6, 6.07) is 6.27. The van der Waals surface area contributed by atoms with Crippen LogP contribution in [-0.4, -0.2) is 36.5 Å². The molecule has 0 radical (unpaired) electrons. The lowest BCUT2D eigenvalue weighted by molar-refractivity contribution is -0.133. The normalized spacial score (nSPS) is 21.0. The number of nitrogens with two attached hydrogens (primary N) is 1. The number of nitrogens with zero attached hydrogens (tertiary/aromatic N) is 1. The maximum atomic E-state index is 12.4. The molecule has 122 valence electrons. The molecule has 6 heteroatoms. The van der Waals surface area contributed by atoms with Crippen LogP contribution in [0.2, 0.25) is 0 Å². The van der Waals surface area contributed by atoms with Gasteiger partial charge in [-0.3, -0.25) is 4.79 Å². The molecule has 2 rings (SSSR count). The molecule has 4 nitrogen and oxygen atoms in total. The van der Waals surface area contributed by atoms with Crippen LogP contribution in [0, 0.1) is 5.41 Å². The molecule has 0 saturated carbocycles. The third-order valence-corrected chi connectivity index (χ3v) is 4.17. The number of halogens is 2. The third-order valence-electron chi connectivity index (χ3n) is 4.17. The van der Waals surface area contributed by atoms with Gasteiger partial charge in [0.15, 0.2) is 0 Å². The second-order valence-electron chi connectivity index (χ2n) is 6.40. The van der Waals surface area contributed by atoms with E-state index in [2.05, 4.69) is 18.6 Å². The van der Waals surface area contributed by atoms with E-state index in [0.717, 1.165) is 12.0 Å². The lowest BCUT2D eigenvalue weighted by Gasteiger charge is -2.42. The van der Waals surface area contributed by atoms with Crippen molar-refractivity contribution in [3.8, 4) is 5.75 Å². The van der Waals surface area contributed by atoms with Gasteiger partial charge in [0.1, 0.15) is 5.75 Å². The van der Waals surface area contributed by atoms with Gasteiger partial charge in [0.05, 0.1) is 6.42 Å². The number of likely N-dealkylation sites (tertiary alicyclic amines) is 1. The van der Waals surface area contributed by atoms with Crippen LogP contribution < -0.4 is 10.5 Å². The van der Waals surface area contributed by atoms with Crippen LogP contribution in [0.4, 0.5) is 8.78 Å². The highest BCUT2D eigenvalue weighted by molar-refractivity contribution is 5.79. The van der Waals surface area contributed by atoms with Crippen molar-refractivity contribution in [1.29, 1.82) is 0 Å². The maximum absolute atomic E-state index is 12.4. The number of ether oxygens (including phenoxy) is 1. The van der Waals surface area contributed by atoms with Crippen LogP contribution >= 0.6 is 0 Å². The van der Waals surface area contributed by atoms with E-state index in [1.165, 1.54) is 12.1 Å². The summed E-state index contributed by atoms with van der Waals surface area (Å²) in [6.45, 7) is 2.59. The summed E-state index contributed by atoms with van der Waals surface area (Å²) >= 11 is 0. The minimum Gasteiger partial charge on any atom is -0.435 e. The number of benzene rings is 1. The summed E-state index contributed by atoms with van der Waals surface area (Å²) in [6.07, 6.45) is 1.04. The van der Waals surface area contributed by atoms with Crippen molar-refractivity contribution in [1.82, 2.24) is 4.90 Å². The van der Waals surface area contributed by atoms with Gasteiger partial charge in [0, 0.05) is 19.1 Å². The largest absolute Gasteiger partial charge is 0.435 e. The molecular weight excluding hydrogens is 290 g/mol. The van der Waals surface area contributed by atoms with Crippen LogP contribution in [0.3, 0.4) is 0 Å². The Morgan fingerprint density at radius 1 is 1.41 bits per heavy atom. The van der Waals surface area contributed by atoms with E-state index >= 15 is 0 Å². The Kier molecular flexibility index (Phi) is 5.01. The van der Waals surface area contributed by atoms with Gasteiger partial charge in [-0.1, -0.05) is 26.0 Å². The average Bonchev–Trinajstić information content (AvgIpc) is 2.43. The predicted octanol–water partition coefficient (Wildman–Crippen LogP) is 2.42. The predicted molar refractivity (Wildman–Crippen MR) is 79.7 cm³/mol. The molecule has 0 aromatic heterocycles. The standard InChI is InChI=1S/C16H22F2N2O2/c1-16(2)10-20(8-7-13(16)19)14(21)9-11-3-5-12(6-4-11)22-15(17)18/h3-6,13,15H,7-10,19H2,1-2H3. The molecule has 0 bridgehead atoms. The van der Waals surface area contributed by atoms with Crippen LogP contribution in [-0.2, 0) is 11.2 Å². The van der Waals surface area contributed by atoms with Crippen molar-refractivity contribution in [2.75, 3.05) is 13.1 Å². The van der Waals surface area contributed by atoms with Crippen molar-refractivity contribution in [3.63, 3.8) is 0 Å². The molecule has 1 aliphatic rings. The van der Waals surface area contributed by atoms with E-state index in [1.807, 2.05) is 4.90 Å². The molecule has 1 amide bonds. The number of rotatable bonds is 4. The minimum absolute atomic E-state index is 0.0301. The minimum atomic E-state index is -2.84. The Balaban J connectivity index is 1.94. The lowest BCUT2D eigenvalue weighted by Crippen LogP contribution is -2.54. The number of piperidine rings is 1. The molecule has 1 saturated heterocycles. The van der Waals surface area contributed by atoms with Crippen molar-refractivity contribution in [2.45, 2.75) is 39.3 Å². The number of hydrogen-bond acceptors (Lipinski definition) is 3. The van der Waals surface area contributed by atoms with Crippen molar-refractivity contribution in [2.24, 2.45) is 11.1 Å². The van der Waals surface area contributed by atoms with Gasteiger partial charge >= 0.3 is 6.61 Å². The summed E-state index contributed by atoms with van der Waals surface area (Å²) in [7, 11) is 0. The van der Waals surface area contributed by atoms with E-state index in [-0.39, 0.29) is 29.5 Å². The first-order chi connectivity index (χ1) is 10.3. The van der Waals surface area contributed by atoms with Gasteiger partial charge in [-0.25, -0.2) is 0 Å². The topological polar surface area (TPSA) is 55.6 Å². The summed E-state index contributed by atoms with van der Waals surface area (Å²) in [5, 5.41) is 0. The van der Waals surface area contributed by atoms with Gasteiger partial charge in [0.25, 0.3) is 0 Å². The van der Waals surface area contributed by atoms with Crippen LogP contribution in [0.25, 0.3) is 0 Å². The zero-order valence-electron chi connectivity index (χ0n) is 12.9. The first kappa shape index (κ1) is 16.7. The van der Waals surface area contributed by atoms with Crippen LogP contribution in [0.1, 0.15) is 25.8 Å². The van der Waals surface area contributed by atoms with E-state index in [4.69, 9.17) is 5.73 Å². The number of carbonyl (C=O) groups is 1. The molecule has 1 aromatic rings. The van der Waals surface area contributed by atoms with Crippen molar-refractivity contribution in [3.05, 3.63) is 29.8 Å². The van der Waals surface area contributed by atoms with Crippen molar-refractivity contribution >= 4 is 5.91 Å². The van der Waals surface area contributed by atoms with E-state index < -0.39 is 6.61 Å². The highest BCUT2D eigenvalue weighted by atomic mass is 19.3. The van der Waals surface area contributed by atoms with Gasteiger partial charge in [-0.15, -0.1) is 0 Å². The molecule has 1 atom stereocenters. The summed E-state index contributed by atoms with van der Waals surface area (Å²) in [5.74, 6) is 0.124. The number of hydrogen-bond donors (Lipinski definition) is 1. The third kappa shape index (κ3) is 4.16. The fourth-order valence-electron chi connectivity index (χ4n) is 2.66. The van der Waals surface area contributed by atoms with Crippen LogP contribution in [0.15, 0.2) is 24.3 Å². The molecule has 1 aromatic carbocycles. The first-order valence-corrected chi connectivity index (χ1v) is 7.35. The highest BCUT2D eigenvalue weighted by Crippen LogP contribution is 2.28. The molecule has 0 aliphatic carbocycles. The molecular formula is C16H22F2N2O2. The second kappa shape index (κ2) is 6.60. The molecule has 1 aliphatic heterocycles. The van der Waals surface area contributed by atoms with Gasteiger partial charge in [-0.05, 0) is 29.5 Å². The summed E-state index contributed by atoms with van der Waals surface area (Å²) in [5.41, 5.74) is 6.75. The summed E-state index contributed by atoms with van der Waals surface area (Å²) < 4.78 is 28.5. The van der Waals surface area contributed by atoms with Gasteiger partial charge in [-0.2, -0.15) is 8.78 Å². The fourth-order valence-corrected chi connectivity index (χ4v) is 2.66. The molecule has 1 fully saturated rings. The fraction of sp³-hybridized carbons (Fsp3) is 0.562. The number of amides is 1. The Labute approximate surface area is 129 Å². The monoisotopic (exact) mass is 312 g/mol. The average molecular weight is 312 g/mol. The Bertz CT molecular complexity index is 517. The second-order valence-corrected chi connectivity index (χ2v) is 6.40. The Hall–Kier alpha value is -1.69. The van der Waals surface area contributed by atoms with E-state index in [9.17, 15) is 13.6 Å². The SMILES string of the molecule is CC1(C)CN(C(=O)Cc2ccc(OC(F)F)cc2)CCC1N.